The van der Waals surface area contributed by atoms with E-state index in [1.807, 2.05) is 6.07 Å². The summed E-state index contributed by atoms with van der Waals surface area (Å²) in [6.45, 7) is 0. The highest BCUT2D eigenvalue weighted by Gasteiger charge is 2.12. The number of nitrogens with one attached hydrogen (secondary N) is 3. The van der Waals surface area contributed by atoms with Crippen LogP contribution in [0.15, 0.2) is 33.5 Å². The fraction of sp³-hybridized carbons (Fsp3) is 0.167. The van der Waals surface area contributed by atoms with Crippen LogP contribution < -0.4 is 21.8 Å². The van der Waals surface area contributed by atoms with Gasteiger partial charge in [0, 0.05) is 31.2 Å². The van der Waals surface area contributed by atoms with E-state index in [1.54, 1.807) is 26.2 Å². The van der Waals surface area contributed by atoms with E-state index in [2.05, 4.69) is 16.2 Å². The van der Waals surface area contributed by atoms with E-state index in [-0.39, 0.29) is 5.56 Å². The fourth-order valence-corrected chi connectivity index (χ4v) is 1.61. The average molecular weight is 247 g/mol. The van der Waals surface area contributed by atoms with Gasteiger partial charge in [0.25, 0.3) is 5.91 Å². The van der Waals surface area contributed by atoms with Gasteiger partial charge >= 0.3 is 5.63 Å². The quantitative estimate of drug-likeness (QED) is 0.549. The number of hydrogen-bond acceptors (Lipinski definition) is 5. The Morgan fingerprint density at radius 1 is 1.22 bits per heavy atom. The summed E-state index contributed by atoms with van der Waals surface area (Å²) in [5.41, 5.74) is 5.37. The summed E-state index contributed by atoms with van der Waals surface area (Å²) in [5, 5.41) is 3.63. The average Bonchev–Trinajstić information content (AvgIpc) is 2.37. The first kappa shape index (κ1) is 12.1. The van der Waals surface area contributed by atoms with Crippen molar-refractivity contribution in [3.8, 4) is 0 Å². The van der Waals surface area contributed by atoms with Gasteiger partial charge in [0.05, 0.1) is 0 Å². The number of anilines is 1. The number of hydrogen-bond donors (Lipinski definition) is 3. The van der Waals surface area contributed by atoms with Crippen molar-refractivity contribution >= 4 is 22.6 Å². The molecule has 3 N–H and O–H groups in total. The van der Waals surface area contributed by atoms with Crippen LogP contribution in [-0.4, -0.2) is 20.0 Å². The predicted octanol–water partition coefficient (Wildman–Crippen LogP) is 0.699. The molecule has 0 aliphatic rings. The number of amides is 1. The number of fused-ring (bicyclic) bond motifs is 1. The van der Waals surface area contributed by atoms with Crippen molar-refractivity contribution in [3.63, 3.8) is 0 Å². The molecule has 0 aliphatic carbocycles. The molecule has 6 nitrogen and oxygen atoms in total. The lowest BCUT2D eigenvalue weighted by Crippen LogP contribution is -2.36. The Balaban J connectivity index is 2.56. The molecule has 0 saturated carbocycles. The Labute approximate surface area is 103 Å². The summed E-state index contributed by atoms with van der Waals surface area (Å²) in [6, 6.07) is 6.83. The second-order valence-corrected chi connectivity index (χ2v) is 3.65. The first-order valence-electron chi connectivity index (χ1n) is 5.38. The summed E-state index contributed by atoms with van der Waals surface area (Å²) in [4.78, 5) is 23.3. The molecule has 2 rings (SSSR count). The third-order valence-electron chi connectivity index (χ3n) is 2.51. The van der Waals surface area contributed by atoms with Crippen LogP contribution in [0, 0.1) is 0 Å². The van der Waals surface area contributed by atoms with Crippen molar-refractivity contribution in [2.75, 3.05) is 19.4 Å². The molecule has 0 saturated heterocycles. The monoisotopic (exact) mass is 247 g/mol. The maximum atomic E-state index is 11.7. The van der Waals surface area contributed by atoms with E-state index in [1.165, 1.54) is 6.07 Å². The zero-order valence-corrected chi connectivity index (χ0v) is 10.0. The number of carbonyl (C=O) groups is 1. The van der Waals surface area contributed by atoms with E-state index >= 15 is 0 Å². The van der Waals surface area contributed by atoms with E-state index < -0.39 is 11.5 Å². The Bertz CT molecular complexity index is 649. The zero-order valence-electron chi connectivity index (χ0n) is 10.0. The highest BCUT2D eigenvalue weighted by atomic mass is 16.4. The largest absolute Gasteiger partial charge is 0.422 e. The molecule has 94 valence electrons. The van der Waals surface area contributed by atoms with Crippen molar-refractivity contribution in [1.82, 2.24) is 10.9 Å². The lowest BCUT2D eigenvalue weighted by atomic mass is 10.1. The predicted molar refractivity (Wildman–Crippen MR) is 68.6 cm³/mol. The smallest absolute Gasteiger partial charge is 0.349 e. The Hall–Kier alpha value is -2.34. The van der Waals surface area contributed by atoms with Crippen LogP contribution in [-0.2, 0) is 0 Å². The van der Waals surface area contributed by atoms with Gasteiger partial charge in [-0.1, -0.05) is 0 Å². The van der Waals surface area contributed by atoms with Gasteiger partial charge in [0.15, 0.2) is 0 Å². The molecule has 6 heteroatoms. The van der Waals surface area contributed by atoms with Gasteiger partial charge in [0.1, 0.15) is 11.1 Å². The molecule has 0 spiro atoms. The van der Waals surface area contributed by atoms with Crippen molar-refractivity contribution in [1.29, 1.82) is 0 Å². The molecule has 0 atom stereocenters. The molecule has 1 aromatic heterocycles. The summed E-state index contributed by atoms with van der Waals surface area (Å²) in [5.74, 6) is -0.522. The van der Waals surface area contributed by atoms with Crippen molar-refractivity contribution in [2.45, 2.75) is 0 Å². The zero-order chi connectivity index (χ0) is 13.1. The molecular weight excluding hydrogens is 234 g/mol. The maximum absolute atomic E-state index is 11.7. The molecule has 18 heavy (non-hydrogen) atoms. The van der Waals surface area contributed by atoms with Crippen LogP contribution >= 0.6 is 0 Å². The second kappa shape index (κ2) is 4.89. The first-order chi connectivity index (χ1) is 8.65. The van der Waals surface area contributed by atoms with E-state index in [4.69, 9.17) is 4.42 Å². The Morgan fingerprint density at radius 3 is 2.67 bits per heavy atom. The minimum Gasteiger partial charge on any atom is -0.422 e. The summed E-state index contributed by atoms with van der Waals surface area (Å²) < 4.78 is 5.12. The summed E-state index contributed by atoms with van der Waals surface area (Å²) in [6.07, 6.45) is 0. The second-order valence-electron chi connectivity index (χ2n) is 3.65. The van der Waals surface area contributed by atoms with E-state index in [0.29, 0.717) is 11.0 Å². The fourth-order valence-electron chi connectivity index (χ4n) is 1.61. The number of rotatable bonds is 3. The van der Waals surface area contributed by atoms with Crippen LogP contribution in [0.5, 0.6) is 0 Å². The van der Waals surface area contributed by atoms with Crippen LogP contribution in [0.4, 0.5) is 5.69 Å². The summed E-state index contributed by atoms with van der Waals surface area (Å²) >= 11 is 0. The maximum Gasteiger partial charge on any atom is 0.349 e. The molecule has 0 unspecified atom stereocenters. The third kappa shape index (κ3) is 2.18. The minimum absolute atomic E-state index is 0.0333. The van der Waals surface area contributed by atoms with Crippen LogP contribution in [0.3, 0.4) is 0 Å². The molecule has 0 fully saturated rings. The van der Waals surface area contributed by atoms with Gasteiger partial charge in [-0.2, -0.15) is 0 Å². The van der Waals surface area contributed by atoms with Crippen molar-refractivity contribution < 1.29 is 9.21 Å². The lowest BCUT2D eigenvalue weighted by molar-refractivity contribution is 0.0934. The standard InChI is InChI=1S/C12H13N3O3/c1-13-8-4-3-7-5-9(11(16)15-14-2)12(17)18-10(7)6-8/h3-6,13-14H,1-2H3,(H,15,16). The van der Waals surface area contributed by atoms with Gasteiger partial charge in [-0.25, -0.2) is 10.2 Å². The third-order valence-corrected chi connectivity index (χ3v) is 2.51. The molecule has 2 aromatic rings. The topological polar surface area (TPSA) is 83.4 Å². The lowest BCUT2D eigenvalue weighted by Gasteiger charge is -2.04. The molecule has 1 aromatic carbocycles. The van der Waals surface area contributed by atoms with Crippen LogP contribution in [0.2, 0.25) is 0 Å². The molecule has 0 aliphatic heterocycles. The summed E-state index contributed by atoms with van der Waals surface area (Å²) in [7, 11) is 3.31. The molecule has 1 heterocycles. The highest BCUT2D eigenvalue weighted by Crippen LogP contribution is 2.18. The SMILES string of the molecule is CNNC(=O)c1cc2ccc(NC)cc2oc1=O. The van der Waals surface area contributed by atoms with Crippen molar-refractivity contribution in [2.24, 2.45) is 0 Å². The normalized spacial score (nSPS) is 10.3. The molecule has 0 radical (unpaired) electrons. The minimum atomic E-state index is -0.663. The van der Waals surface area contributed by atoms with Crippen LogP contribution in [0.1, 0.15) is 10.4 Å². The number of benzene rings is 1. The van der Waals surface area contributed by atoms with Crippen molar-refractivity contribution in [3.05, 3.63) is 40.2 Å². The first-order valence-corrected chi connectivity index (χ1v) is 5.38. The Morgan fingerprint density at radius 2 is 2.00 bits per heavy atom. The van der Waals surface area contributed by atoms with Gasteiger partial charge in [-0.3, -0.25) is 10.2 Å². The van der Waals surface area contributed by atoms with Crippen LogP contribution in [0.25, 0.3) is 11.0 Å². The van der Waals surface area contributed by atoms with E-state index in [9.17, 15) is 9.59 Å². The van der Waals surface area contributed by atoms with E-state index in [0.717, 1.165) is 5.69 Å². The number of hydrazine groups is 1. The molecule has 1 amide bonds. The number of carbonyl (C=O) groups excluding carboxylic acids is 1. The van der Waals surface area contributed by atoms with Gasteiger partial charge in [-0.05, 0) is 18.2 Å². The highest BCUT2D eigenvalue weighted by molar-refractivity contribution is 5.96. The molecule has 0 bridgehead atoms. The molecular formula is C12H13N3O3. The Kier molecular flexibility index (Phi) is 3.29. The van der Waals surface area contributed by atoms with Gasteiger partial charge < -0.3 is 9.73 Å². The van der Waals surface area contributed by atoms with Gasteiger partial charge in [0.2, 0.25) is 0 Å². The van der Waals surface area contributed by atoms with Gasteiger partial charge in [-0.15, -0.1) is 0 Å².